The van der Waals surface area contributed by atoms with Crippen LogP contribution in [0.5, 0.6) is 5.75 Å². The minimum atomic E-state index is -0.0654. The summed E-state index contributed by atoms with van der Waals surface area (Å²) < 4.78 is 5.59. The summed E-state index contributed by atoms with van der Waals surface area (Å²) in [5.74, 6) is 1.25. The van der Waals surface area contributed by atoms with Crippen LogP contribution in [-0.4, -0.2) is 73.5 Å². The number of carbonyl (C=O) groups excluding carboxylic acids is 2. The number of ether oxygens (including phenoxy) is 1. The maximum Gasteiger partial charge on any atom is 0.259 e. The van der Waals surface area contributed by atoms with Crippen molar-refractivity contribution in [1.82, 2.24) is 14.8 Å². The van der Waals surface area contributed by atoms with E-state index in [1.807, 2.05) is 35.4 Å². The Bertz CT molecular complexity index is 1080. The number of rotatable bonds is 6. The molecule has 2 aromatic rings. The van der Waals surface area contributed by atoms with E-state index < -0.39 is 0 Å². The summed E-state index contributed by atoms with van der Waals surface area (Å²) in [6, 6.07) is 9.98. The second kappa shape index (κ2) is 8.89. The number of nitrogens with zero attached hydrogens (tertiary/aromatic N) is 4. The molecule has 1 aromatic carbocycles. The fourth-order valence-electron chi connectivity index (χ4n) is 4.47. The Kier molecular flexibility index (Phi) is 5.79. The molecule has 7 nitrogen and oxygen atoms in total. The zero-order valence-corrected chi connectivity index (χ0v) is 19.3. The number of likely N-dealkylation sites (N-methyl/N-ethyl adjacent to an activating group) is 1. The van der Waals surface area contributed by atoms with Gasteiger partial charge in [-0.3, -0.25) is 14.6 Å². The highest BCUT2D eigenvalue weighted by molar-refractivity contribution is 5.92. The molecule has 0 bridgehead atoms. The van der Waals surface area contributed by atoms with Crippen LogP contribution < -0.4 is 9.64 Å². The van der Waals surface area contributed by atoms with Gasteiger partial charge in [-0.2, -0.15) is 0 Å². The van der Waals surface area contributed by atoms with Crippen molar-refractivity contribution in [3.63, 3.8) is 0 Å². The van der Waals surface area contributed by atoms with Crippen molar-refractivity contribution < 1.29 is 14.3 Å². The lowest BCUT2D eigenvalue weighted by molar-refractivity contribution is -0.133. The first-order valence-electron chi connectivity index (χ1n) is 11.6. The van der Waals surface area contributed by atoms with Gasteiger partial charge in [-0.1, -0.05) is 12.1 Å². The molecule has 5 rings (SSSR count). The van der Waals surface area contributed by atoms with Crippen molar-refractivity contribution >= 4 is 29.2 Å². The molecule has 1 saturated carbocycles. The van der Waals surface area contributed by atoms with Crippen molar-refractivity contribution in [2.24, 2.45) is 5.92 Å². The smallest absolute Gasteiger partial charge is 0.259 e. The van der Waals surface area contributed by atoms with Crippen LogP contribution in [0.15, 0.2) is 36.5 Å². The van der Waals surface area contributed by atoms with Crippen LogP contribution in [0.3, 0.4) is 0 Å². The van der Waals surface area contributed by atoms with Gasteiger partial charge in [0, 0.05) is 70.1 Å². The van der Waals surface area contributed by atoms with Gasteiger partial charge in [0.1, 0.15) is 5.75 Å². The molecule has 0 spiro atoms. The Morgan fingerprint density at radius 2 is 1.79 bits per heavy atom. The molecule has 1 aliphatic heterocycles. The number of hydrogen-bond acceptors (Lipinski definition) is 5. The van der Waals surface area contributed by atoms with Crippen molar-refractivity contribution in [3.05, 3.63) is 53.3 Å². The number of aromatic nitrogens is 1. The molecule has 33 heavy (non-hydrogen) atoms. The van der Waals surface area contributed by atoms with Crippen LogP contribution >= 0.6 is 0 Å². The highest BCUT2D eigenvalue weighted by atomic mass is 16.5. The number of amides is 2. The van der Waals surface area contributed by atoms with E-state index >= 15 is 0 Å². The number of pyridine rings is 1. The highest BCUT2D eigenvalue weighted by Crippen LogP contribution is 2.37. The fourth-order valence-corrected chi connectivity index (χ4v) is 4.47. The number of fused-ring (bicyclic) bond motifs is 1. The zero-order chi connectivity index (χ0) is 22.9. The van der Waals surface area contributed by atoms with Crippen LogP contribution in [0.25, 0.3) is 11.6 Å². The van der Waals surface area contributed by atoms with Crippen LogP contribution in [-0.2, 0) is 16.0 Å². The molecule has 0 radical (unpaired) electrons. The van der Waals surface area contributed by atoms with Crippen molar-refractivity contribution in [2.45, 2.75) is 19.3 Å². The lowest BCUT2D eigenvalue weighted by atomic mass is 10.1. The van der Waals surface area contributed by atoms with Gasteiger partial charge in [-0.05, 0) is 48.3 Å². The van der Waals surface area contributed by atoms with Crippen LogP contribution in [0.4, 0.5) is 5.69 Å². The summed E-state index contributed by atoms with van der Waals surface area (Å²) in [7, 11) is 3.43. The molecule has 172 valence electrons. The molecular weight excluding hydrogens is 416 g/mol. The minimum absolute atomic E-state index is 0.0350. The molecule has 2 amide bonds. The molecule has 7 heteroatoms. The van der Waals surface area contributed by atoms with Crippen LogP contribution in [0.2, 0.25) is 0 Å². The molecule has 1 saturated heterocycles. The van der Waals surface area contributed by atoms with E-state index in [9.17, 15) is 9.59 Å². The Hall–Kier alpha value is -3.35. The van der Waals surface area contributed by atoms with E-state index in [2.05, 4.69) is 22.0 Å². The number of anilines is 1. The van der Waals surface area contributed by atoms with Crippen molar-refractivity contribution in [3.8, 4) is 5.75 Å². The van der Waals surface area contributed by atoms with E-state index in [0.717, 1.165) is 56.7 Å². The third kappa shape index (κ3) is 4.58. The Balaban J connectivity index is 1.26. The van der Waals surface area contributed by atoms with Crippen molar-refractivity contribution in [2.75, 3.05) is 51.8 Å². The molecule has 3 aliphatic rings. The van der Waals surface area contributed by atoms with Crippen molar-refractivity contribution in [1.29, 1.82) is 0 Å². The molecular formula is C26H30N4O3. The largest absolute Gasteiger partial charge is 0.484 e. The van der Waals surface area contributed by atoms with Gasteiger partial charge >= 0.3 is 0 Å². The summed E-state index contributed by atoms with van der Waals surface area (Å²) >= 11 is 0. The van der Waals surface area contributed by atoms with Gasteiger partial charge in [0.05, 0.1) is 5.69 Å². The normalized spacial score (nSPS) is 17.5. The molecule has 2 aliphatic carbocycles. The predicted octanol–water partition coefficient (Wildman–Crippen LogP) is 2.70. The van der Waals surface area contributed by atoms with E-state index in [1.165, 1.54) is 21.7 Å². The van der Waals surface area contributed by atoms with E-state index in [0.29, 0.717) is 11.7 Å². The fraction of sp³-hybridized carbons (Fsp3) is 0.423. The summed E-state index contributed by atoms with van der Waals surface area (Å²) in [6.45, 7) is 3.33. The van der Waals surface area contributed by atoms with Crippen LogP contribution in [0.1, 0.15) is 29.7 Å². The van der Waals surface area contributed by atoms with Gasteiger partial charge in [-0.15, -0.1) is 0 Å². The first kappa shape index (κ1) is 21.5. The van der Waals surface area contributed by atoms with E-state index in [-0.39, 0.29) is 18.4 Å². The summed E-state index contributed by atoms with van der Waals surface area (Å²) in [6.07, 6.45) is 7.05. The lowest BCUT2D eigenvalue weighted by Crippen LogP contribution is -2.49. The monoisotopic (exact) mass is 446 g/mol. The molecule has 0 unspecified atom stereocenters. The predicted molar refractivity (Wildman–Crippen MR) is 128 cm³/mol. The third-order valence-corrected chi connectivity index (χ3v) is 6.67. The standard InChI is InChI=1S/C26H30N4O3/c1-28(2)25(31)17-33-21-7-5-18(6-8-21)20-15-22-23(16-20)27-10-9-24(22)29-11-13-30(14-12-29)26(32)19-3-4-19/h5-10,15,19H,3-4,11-14,16-17H2,1-2H3. The SMILES string of the molecule is CN(C)C(=O)COc1ccc(C2=Cc3c(N4CCN(C(=O)C5CC5)CC4)ccnc3C2)cc1. The maximum atomic E-state index is 12.4. The number of carbonyl (C=O) groups is 2. The van der Waals surface area contributed by atoms with Gasteiger partial charge in [0.2, 0.25) is 5.91 Å². The Labute approximate surface area is 194 Å². The summed E-state index contributed by atoms with van der Waals surface area (Å²) in [4.78, 5) is 34.7. The summed E-state index contributed by atoms with van der Waals surface area (Å²) in [5.41, 5.74) is 5.84. The van der Waals surface area contributed by atoms with Gasteiger partial charge < -0.3 is 19.4 Å². The number of allylic oxidation sites excluding steroid dienone is 1. The quantitative estimate of drug-likeness (QED) is 0.683. The summed E-state index contributed by atoms with van der Waals surface area (Å²) in [5, 5.41) is 0. The number of benzene rings is 1. The number of hydrogen-bond donors (Lipinski definition) is 0. The second-order valence-corrected chi connectivity index (χ2v) is 9.22. The first-order chi connectivity index (χ1) is 16.0. The van der Waals surface area contributed by atoms with Crippen LogP contribution in [0, 0.1) is 5.92 Å². The second-order valence-electron chi connectivity index (χ2n) is 9.22. The average molecular weight is 447 g/mol. The molecule has 0 atom stereocenters. The van der Waals surface area contributed by atoms with Gasteiger partial charge in [0.25, 0.3) is 5.91 Å². The first-order valence-corrected chi connectivity index (χ1v) is 11.6. The topological polar surface area (TPSA) is 66.0 Å². The molecule has 0 N–H and O–H groups in total. The lowest BCUT2D eigenvalue weighted by Gasteiger charge is -2.37. The maximum absolute atomic E-state index is 12.4. The number of piperazine rings is 1. The van der Waals surface area contributed by atoms with E-state index in [4.69, 9.17) is 4.74 Å². The van der Waals surface area contributed by atoms with Gasteiger partial charge in [0.15, 0.2) is 6.61 Å². The highest BCUT2D eigenvalue weighted by Gasteiger charge is 2.35. The molecule has 1 aromatic heterocycles. The average Bonchev–Trinajstić information content (AvgIpc) is 3.60. The third-order valence-electron chi connectivity index (χ3n) is 6.67. The Morgan fingerprint density at radius 3 is 2.45 bits per heavy atom. The molecule has 2 fully saturated rings. The molecule has 2 heterocycles. The Morgan fingerprint density at radius 1 is 1.06 bits per heavy atom. The zero-order valence-electron chi connectivity index (χ0n) is 19.3. The minimum Gasteiger partial charge on any atom is -0.484 e. The van der Waals surface area contributed by atoms with Gasteiger partial charge in [-0.25, -0.2) is 0 Å². The van der Waals surface area contributed by atoms with E-state index in [1.54, 1.807) is 14.1 Å².